The van der Waals surface area contributed by atoms with Gasteiger partial charge in [-0.2, -0.15) is 0 Å². The highest BCUT2D eigenvalue weighted by Gasteiger charge is 2.67. The molecule has 0 heterocycles. The lowest BCUT2D eigenvalue weighted by Crippen LogP contribution is -2.24. The lowest BCUT2D eigenvalue weighted by atomic mass is 10.1. The van der Waals surface area contributed by atoms with Crippen LogP contribution in [0.3, 0.4) is 0 Å². The molecule has 0 unspecified atom stereocenters. The predicted molar refractivity (Wildman–Crippen MR) is 128 cm³/mol. The summed E-state index contributed by atoms with van der Waals surface area (Å²) in [6, 6.07) is 7.05. The Labute approximate surface area is 213 Å². The van der Waals surface area contributed by atoms with Gasteiger partial charge in [-0.15, -0.1) is 23.2 Å². The third-order valence-electron chi connectivity index (χ3n) is 5.14. The third kappa shape index (κ3) is 6.07. The molecule has 0 spiro atoms. The second-order valence-corrected chi connectivity index (χ2v) is 9.53. The highest BCUT2D eigenvalue weighted by Crippen LogP contribution is 2.65. The molecular formula is C24H17Cl3F4N2O2. The normalized spacial score (nSPS) is 19.2. The smallest absolute Gasteiger partial charge is 0.257 e. The molecule has 0 bridgehead atoms. The minimum atomic E-state index is -1.57. The van der Waals surface area contributed by atoms with Crippen LogP contribution in [-0.4, -0.2) is 16.1 Å². The number of nitrogens with one attached hydrogen (secondary N) is 2. The largest absolute Gasteiger partial charge is 0.326 e. The Balaban J connectivity index is 1.78. The Bertz CT molecular complexity index is 1270. The first-order valence-electron chi connectivity index (χ1n) is 9.96. The maximum Gasteiger partial charge on any atom is 0.257 e. The Kier molecular flexibility index (Phi) is 7.99. The summed E-state index contributed by atoms with van der Waals surface area (Å²) in [7, 11) is 0. The van der Waals surface area contributed by atoms with Gasteiger partial charge in [-0.25, -0.2) is 17.6 Å². The van der Waals surface area contributed by atoms with E-state index in [0.29, 0.717) is 0 Å². The second-order valence-electron chi connectivity index (χ2n) is 7.68. The first-order chi connectivity index (χ1) is 16.3. The molecule has 4 nitrogen and oxygen atoms in total. The van der Waals surface area contributed by atoms with Gasteiger partial charge in [0.25, 0.3) is 5.91 Å². The van der Waals surface area contributed by atoms with E-state index in [9.17, 15) is 27.2 Å². The summed E-state index contributed by atoms with van der Waals surface area (Å²) in [4.78, 5) is 25.4. The monoisotopic (exact) mass is 546 g/mol. The van der Waals surface area contributed by atoms with E-state index in [1.165, 1.54) is 24.3 Å². The molecule has 1 fully saturated rings. The zero-order chi connectivity index (χ0) is 26.1. The molecule has 1 saturated carbocycles. The number of hydrogen-bond donors (Lipinski definition) is 2. The molecule has 3 rings (SSSR count). The lowest BCUT2D eigenvalue weighted by Gasteiger charge is -2.11. The molecule has 184 valence electrons. The predicted octanol–water partition coefficient (Wildman–Crippen LogP) is 7.11. The topological polar surface area (TPSA) is 58.2 Å². The minimum Gasteiger partial charge on any atom is -0.326 e. The molecule has 0 aromatic heterocycles. The summed E-state index contributed by atoms with van der Waals surface area (Å²) >= 11 is 18.5. The summed E-state index contributed by atoms with van der Waals surface area (Å²) in [5.41, 5.74) is -0.144. The SMILES string of the molecule is C=C(F)/C(=C\C=C(/C)F)NC(=O)c1cc(NC(=O)[C@H]2[C@H](c3ccc(F)c(F)c3)C2(Cl)Cl)ccc1Cl. The number of carbonyl (C=O) groups excluding carboxylic acids is 2. The molecule has 2 amide bonds. The van der Waals surface area contributed by atoms with Crippen LogP contribution >= 0.6 is 34.8 Å². The van der Waals surface area contributed by atoms with E-state index in [0.717, 1.165) is 31.2 Å². The molecule has 1 aliphatic carbocycles. The average molecular weight is 548 g/mol. The number of alkyl halides is 2. The summed E-state index contributed by atoms with van der Waals surface area (Å²) in [5, 5.41) is 4.75. The second kappa shape index (κ2) is 10.4. The number of allylic oxidation sites excluding steroid dienone is 4. The molecule has 2 aromatic rings. The Morgan fingerprint density at radius 1 is 1.06 bits per heavy atom. The Morgan fingerprint density at radius 3 is 2.34 bits per heavy atom. The molecule has 1 aliphatic rings. The molecule has 2 atom stereocenters. The van der Waals surface area contributed by atoms with E-state index in [2.05, 4.69) is 17.2 Å². The molecule has 0 saturated heterocycles. The van der Waals surface area contributed by atoms with Crippen LogP contribution in [0.4, 0.5) is 23.2 Å². The fraction of sp³-hybridized carbons (Fsp3) is 0.167. The van der Waals surface area contributed by atoms with Crippen molar-refractivity contribution < 1.29 is 27.2 Å². The van der Waals surface area contributed by atoms with Crippen LogP contribution in [-0.2, 0) is 4.79 Å². The van der Waals surface area contributed by atoms with Crippen LogP contribution in [0.2, 0.25) is 5.02 Å². The van der Waals surface area contributed by atoms with Gasteiger partial charge in [0.1, 0.15) is 10.2 Å². The van der Waals surface area contributed by atoms with Crippen LogP contribution in [0, 0.1) is 17.6 Å². The van der Waals surface area contributed by atoms with Gasteiger partial charge in [0, 0.05) is 11.6 Å². The van der Waals surface area contributed by atoms with Crippen molar-refractivity contribution in [1.29, 1.82) is 0 Å². The number of rotatable bonds is 7. The number of benzene rings is 2. The summed E-state index contributed by atoms with van der Waals surface area (Å²) in [5.74, 6) is -7.09. The van der Waals surface area contributed by atoms with E-state index < -0.39 is 51.3 Å². The van der Waals surface area contributed by atoms with Gasteiger partial charge in [0.2, 0.25) is 5.91 Å². The van der Waals surface area contributed by atoms with Crippen molar-refractivity contribution in [2.45, 2.75) is 17.2 Å². The van der Waals surface area contributed by atoms with E-state index in [4.69, 9.17) is 34.8 Å². The van der Waals surface area contributed by atoms with E-state index in [1.54, 1.807) is 0 Å². The van der Waals surface area contributed by atoms with Crippen LogP contribution < -0.4 is 10.6 Å². The molecular weight excluding hydrogens is 531 g/mol. The Hall–Kier alpha value is -2.81. The highest BCUT2D eigenvalue weighted by atomic mass is 35.5. The van der Waals surface area contributed by atoms with E-state index in [1.807, 2.05) is 0 Å². The van der Waals surface area contributed by atoms with Crippen molar-refractivity contribution in [3.05, 3.63) is 100 Å². The van der Waals surface area contributed by atoms with Gasteiger partial charge < -0.3 is 10.6 Å². The van der Waals surface area contributed by atoms with Crippen molar-refractivity contribution in [2.75, 3.05) is 5.32 Å². The Morgan fingerprint density at radius 2 is 1.74 bits per heavy atom. The van der Waals surface area contributed by atoms with Crippen molar-refractivity contribution in [3.8, 4) is 0 Å². The number of hydrogen-bond acceptors (Lipinski definition) is 2. The van der Waals surface area contributed by atoms with Gasteiger partial charge >= 0.3 is 0 Å². The number of halogens is 7. The molecule has 35 heavy (non-hydrogen) atoms. The van der Waals surface area contributed by atoms with Crippen molar-refractivity contribution in [1.82, 2.24) is 5.32 Å². The highest BCUT2D eigenvalue weighted by molar-refractivity contribution is 6.53. The first kappa shape index (κ1) is 26.8. The van der Waals surface area contributed by atoms with Crippen molar-refractivity contribution >= 4 is 52.3 Å². The molecule has 0 aliphatic heterocycles. The molecule has 11 heteroatoms. The molecule has 2 aromatic carbocycles. The minimum absolute atomic E-state index is 0.0170. The fourth-order valence-electron chi connectivity index (χ4n) is 3.36. The molecule has 2 N–H and O–H groups in total. The maximum absolute atomic E-state index is 13.6. The van der Waals surface area contributed by atoms with Crippen molar-refractivity contribution in [3.63, 3.8) is 0 Å². The van der Waals surface area contributed by atoms with E-state index in [-0.39, 0.29) is 27.5 Å². The summed E-state index contributed by atoms with van der Waals surface area (Å²) in [6.07, 6.45) is 1.92. The quantitative estimate of drug-likeness (QED) is 0.220. The summed E-state index contributed by atoms with van der Waals surface area (Å²) < 4.78 is 51.9. The van der Waals surface area contributed by atoms with Gasteiger partial charge in [-0.1, -0.05) is 24.2 Å². The fourth-order valence-corrected chi connectivity index (χ4v) is 4.39. The third-order valence-corrected chi connectivity index (χ3v) is 6.41. The number of carbonyl (C=O) groups is 2. The lowest BCUT2D eigenvalue weighted by molar-refractivity contribution is -0.117. The first-order valence-corrected chi connectivity index (χ1v) is 11.1. The van der Waals surface area contributed by atoms with Gasteiger partial charge in [0.05, 0.1) is 28.0 Å². The van der Waals surface area contributed by atoms with Gasteiger partial charge in [-0.3, -0.25) is 9.59 Å². The maximum atomic E-state index is 13.6. The average Bonchev–Trinajstić information content (AvgIpc) is 3.35. The zero-order valence-corrected chi connectivity index (χ0v) is 20.2. The number of anilines is 1. The van der Waals surface area contributed by atoms with Crippen LogP contribution in [0.5, 0.6) is 0 Å². The van der Waals surface area contributed by atoms with Gasteiger partial charge in [0.15, 0.2) is 11.6 Å². The van der Waals surface area contributed by atoms with Crippen molar-refractivity contribution in [2.24, 2.45) is 5.92 Å². The summed E-state index contributed by atoms with van der Waals surface area (Å²) in [6.45, 7) is 4.21. The number of amides is 2. The van der Waals surface area contributed by atoms with Gasteiger partial charge in [-0.05, 0) is 55.0 Å². The van der Waals surface area contributed by atoms with Crippen LogP contribution in [0.1, 0.15) is 28.8 Å². The standard InChI is InChI=1S/C24H17Cl3F4N2O2/c1-11(28)3-8-19(12(2)29)33-22(34)15-10-14(5-6-16(15)25)32-23(35)21-20(24(21,26)27)13-4-7-17(30)18(31)9-13/h3-10,20-21H,2H2,1H3,(H,32,35)(H,33,34)/b11-3+,19-8+/t20-,21+/m0/s1. The molecule has 0 radical (unpaired) electrons. The van der Waals surface area contributed by atoms with Crippen LogP contribution in [0.25, 0.3) is 0 Å². The van der Waals surface area contributed by atoms with E-state index >= 15 is 0 Å². The zero-order valence-electron chi connectivity index (χ0n) is 17.9. The van der Waals surface area contributed by atoms with Crippen LogP contribution in [0.15, 0.2) is 72.5 Å².